The third kappa shape index (κ3) is 4.54. The molecule has 2 aromatic carbocycles. The molecule has 31 heavy (non-hydrogen) atoms. The minimum Gasteiger partial charge on any atom is -0.456 e. The second kappa shape index (κ2) is 8.53. The number of rotatable bonds is 5. The van der Waals surface area contributed by atoms with Gasteiger partial charge in [-0.25, -0.2) is 9.78 Å². The molecule has 0 aliphatic heterocycles. The first-order valence-corrected chi connectivity index (χ1v) is 10.4. The van der Waals surface area contributed by atoms with Crippen molar-refractivity contribution in [2.75, 3.05) is 5.32 Å². The molecule has 0 bridgehead atoms. The molecule has 0 atom stereocenters. The Balaban J connectivity index is 1.38. The van der Waals surface area contributed by atoms with Gasteiger partial charge in [-0.1, -0.05) is 17.7 Å². The molecule has 0 radical (unpaired) electrons. The zero-order valence-corrected chi connectivity index (χ0v) is 17.7. The molecule has 0 saturated carbocycles. The van der Waals surface area contributed by atoms with Gasteiger partial charge in [0.15, 0.2) is 4.96 Å². The zero-order valence-electron chi connectivity index (χ0n) is 16.9. The number of carbonyl (C=O) groups excluding carboxylic acids is 2. The van der Waals surface area contributed by atoms with Gasteiger partial charge in [0.25, 0.3) is 11.5 Å². The van der Waals surface area contributed by atoms with Crippen LogP contribution in [0.25, 0.3) is 4.96 Å². The first kappa shape index (κ1) is 20.5. The number of aromatic nitrogens is 2. The van der Waals surface area contributed by atoms with Crippen LogP contribution in [0.4, 0.5) is 5.69 Å². The van der Waals surface area contributed by atoms with Crippen molar-refractivity contribution in [3.63, 3.8) is 0 Å². The highest BCUT2D eigenvalue weighted by atomic mass is 32.1. The van der Waals surface area contributed by atoms with E-state index in [1.807, 2.05) is 31.4 Å². The summed E-state index contributed by atoms with van der Waals surface area (Å²) in [7, 11) is 0. The number of hydrogen-bond acceptors (Lipinski definition) is 6. The third-order valence-corrected chi connectivity index (χ3v) is 5.62. The second-order valence-electron chi connectivity index (χ2n) is 7.05. The van der Waals surface area contributed by atoms with Gasteiger partial charge < -0.3 is 10.1 Å². The van der Waals surface area contributed by atoms with Gasteiger partial charge in [-0.3, -0.25) is 14.0 Å². The molecule has 0 saturated heterocycles. The Morgan fingerprint density at radius 2 is 1.71 bits per heavy atom. The summed E-state index contributed by atoms with van der Waals surface area (Å²) in [6.45, 7) is 3.68. The van der Waals surface area contributed by atoms with Crippen LogP contribution >= 0.6 is 11.3 Å². The SMILES string of the molecule is Cc1ccc(C(=O)Nc2ccc(C(=O)OCc3cc(=O)n4c(C)csc4n3)cc2)cc1. The smallest absolute Gasteiger partial charge is 0.338 e. The lowest BCUT2D eigenvalue weighted by Gasteiger charge is -2.08. The van der Waals surface area contributed by atoms with Crippen molar-refractivity contribution < 1.29 is 14.3 Å². The first-order chi connectivity index (χ1) is 14.9. The quantitative estimate of drug-likeness (QED) is 0.481. The van der Waals surface area contributed by atoms with Crippen molar-refractivity contribution in [3.8, 4) is 0 Å². The molecule has 0 aliphatic rings. The molecule has 0 fully saturated rings. The summed E-state index contributed by atoms with van der Waals surface area (Å²) < 4.78 is 6.81. The van der Waals surface area contributed by atoms with E-state index in [4.69, 9.17) is 4.74 Å². The van der Waals surface area contributed by atoms with Crippen molar-refractivity contribution in [2.45, 2.75) is 20.5 Å². The van der Waals surface area contributed by atoms with Crippen LogP contribution in [0.2, 0.25) is 0 Å². The van der Waals surface area contributed by atoms with Gasteiger partial charge >= 0.3 is 5.97 Å². The maximum absolute atomic E-state index is 12.3. The number of amides is 1. The first-order valence-electron chi connectivity index (χ1n) is 9.53. The number of nitrogens with zero attached hydrogens (tertiary/aromatic N) is 2. The summed E-state index contributed by atoms with van der Waals surface area (Å²) in [4.78, 5) is 41.7. The van der Waals surface area contributed by atoms with Gasteiger partial charge in [0.05, 0.1) is 11.3 Å². The minimum absolute atomic E-state index is 0.104. The molecular weight excluding hydrogens is 414 g/mol. The fourth-order valence-electron chi connectivity index (χ4n) is 3.00. The largest absolute Gasteiger partial charge is 0.456 e. The van der Waals surface area contributed by atoms with Crippen LogP contribution in [0.1, 0.15) is 37.7 Å². The van der Waals surface area contributed by atoms with E-state index < -0.39 is 5.97 Å². The highest BCUT2D eigenvalue weighted by molar-refractivity contribution is 7.15. The predicted molar refractivity (Wildman–Crippen MR) is 119 cm³/mol. The van der Waals surface area contributed by atoms with Crippen LogP contribution in [0, 0.1) is 13.8 Å². The average molecular weight is 433 g/mol. The summed E-state index contributed by atoms with van der Waals surface area (Å²) in [6, 6.07) is 15.0. The standard InChI is InChI=1S/C23H19N3O4S/c1-14-3-5-16(6-4-14)21(28)24-18-9-7-17(8-10-18)22(29)30-12-19-11-20(27)26-15(2)13-31-23(26)25-19/h3-11,13H,12H2,1-2H3,(H,24,28). The molecule has 7 nitrogen and oxygen atoms in total. The van der Waals surface area contributed by atoms with E-state index in [0.29, 0.717) is 27.5 Å². The number of thiazole rings is 1. The monoisotopic (exact) mass is 433 g/mol. The summed E-state index contributed by atoms with van der Waals surface area (Å²) in [5.41, 5.74) is 3.52. The van der Waals surface area contributed by atoms with Crippen molar-refractivity contribution in [2.24, 2.45) is 0 Å². The molecule has 0 spiro atoms. The van der Waals surface area contributed by atoms with Crippen molar-refractivity contribution in [1.82, 2.24) is 9.38 Å². The van der Waals surface area contributed by atoms with Crippen LogP contribution in [0.5, 0.6) is 0 Å². The van der Waals surface area contributed by atoms with E-state index in [0.717, 1.165) is 11.3 Å². The van der Waals surface area contributed by atoms with E-state index in [2.05, 4.69) is 10.3 Å². The van der Waals surface area contributed by atoms with Crippen LogP contribution < -0.4 is 10.9 Å². The number of carbonyl (C=O) groups is 2. The Morgan fingerprint density at radius 1 is 1.03 bits per heavy atom. The Hall–Kier alpha value is -3.78. The fourth-order valence-corrected chi connectivity index (χ4v) is 3.89. The molecule has 2 heterocycles. The zero-order chi connectivity index (χ0) is 22.0. The molecule has 1 N–H and O–H groups in total. The van der Waals surface area contributed by atoms with Crippen molar-refractivity contribution in [3.05, 3.63) is 98.4 Å². The molecular formula is C23H19N3O4S. The topological polar surface area (TPSA) is 89.8 Å². The lowest BCUT2D eigenvalue weighted by molar-refractivity contribution is 0.0467. The number of ether oxygens (including phenoxy) is 1. The number of fused-ring (bicyclic) bond motifs is 1. The van der Waals surface area contributed by atoms with Crippen molar-refractivity contribution in [1.29, 1.82) is 0 Å². The van der Waals surface area contributed by atoms with Gasteiger partial charge in [-0.15, -0.1) is 11.3 Å². The normalized spacial score (nSPS) is 10.8. The lowest BCUT2D eigenvalue weighted by atomic mass is 10.1. The molecule has 4 rings (SSSR count). The highest BCUT2D eigenvalue weighted by Gasteiger charge is 2.12. The van der Waals surface area contributed by atoms with E-state index in [1.54, 1.807) is 36.4 Å². The maximum atomic E-state index is 12.3. The Bertz CT molecular complexity index is 1320. The second-order valence-corrected chi connectivity index (χ2v) is 7.89. The summed E-state index contributed by atoms with van der Waals surface area (Å²) in [5.74, 6) is -0.771. The number of aryl methyl sites for hydroxylation is 2. The number of esters is 1. The van der Waals surface area contributed by atoms with Gasteiger partial charge in [-0.05, 0) is 50.2 Å². The summed E-state index contributed by atoms with van der Waals surface area (Å²) in [6.07, 6.45) is 0. The molecule has 0 aliphatic carbocycles. The molecule has 156 valence electrons. The number of hydrogen-bond donors (Lipinski definition) is 1. The molecule has 2 aromatic heterocycles. The van der Waals surface area contributed by atoms with E-state index in [-0.39, 0.29) is 18.1 Å². The molecule has 8 heteroatoms. The van der Waals surface area contributed by atoms with Gasteiger partial charge in [-0.2, -0.15) is 0 Å². The van der Waals surface area contributed by atoms with Crippen LogP contribution in [-0.2, 0) is 11.3 Å². The van der Waals surface area contributed by atoms with E-state index in [1.165, 1.54) is 21.8 Å². The molecule has 1 amide bonds. The Kier molecular flexibility index (Phi) is 5.64. The van der Waals surface area contributed by atoms with E-state index >= 15 is 0 Å². The lowest BCUT2D eigenvalue weighted by Crippen LogP contribution is -2.16. The highest BCUT2D eigenvalue weighted by Crippen LogP contribution is 2.15. The number of anilines is 1. The van der Waals surface area contributed by atoms with Crippen LogP contribution in [0.15, 0.2) is 64.8 Å². The van der Waals surface area contributed by atoms with E-state index in [9.17, 15) is 14.4 Å². The number of nitrogens with one attached hydrogen (secondary N) is 1. The summed E-state index contributed by atoms with van der Waals surface area (Å²) in [5, 5.41) is 4.64. The summed E-state index contributed by atoms with van der Waals surface area (Å²) >= 11 is 1.36. The Morgan fingerprint density at radius 3 is 2.42 bits per heavy atom. The van der Waals surface area contributed by atoms with Crippen LogP contribution in [0.3, 0.4) is 0 Å². The minimum atomic E-state index is -0.541. The van der Waals surface area contributed by atoms with Crippen LogP contribution in [-0.4, -0.2) is 21.3 Å². The number of benzene rings is 2. The van der Waals surface area contributed by atoms with Crippen molar-refractivity contribution >= 4 is 33.9 Å². The van der Waals surface area contributed by atoms with Gasteiger partial charge in [0.2, 0.25) is 0 Å². The molecule has 4 aromatic rings. The predicted octanol–water partition coefficient (Wildman–Crippen LogP) is 3.98. The Labute approximate surface area is 182 Å². The maximum Gasteiger partial charge on any atom is 0.338 e. The molecule has 0 unspecified atom stereocenters. The fraction of sp³-hybridized carbons (Fsp3) is 0.130. The van der Waals surface area contributed by atoms with Gasteiger partial charge in [0.1, 0.15) is 6.61 Å². The van der Waals surface area contributed by atoms with Gasteiger partial charge in [0, 0.05) is 28.4 Å². The average Bonchev–Trinajstić information content (AvgIpc) is 3.14. The third-order valence-electron chi connectivity index (χ3n) is 4.67.